The van der Waals surface area contributed by atoms with E-state index in [9.17, 15) is 20.1 Å². The SMILES string of the molecule is CCCC(=O)N[C@@H]1[C@@H](O)[C@H](O)[C@@H](CO)O[14CH]1O. The van der Waals surface area contributed by atoms with Crippen molar-refractivity contribution in [1.29, 1.82) is 0 Å². The summed E-state index contributed by atoms with van der Waals surface area (Å²) in [5.41, 5.74) is 0. The fourth-order valence-electron chi connectivity index (χ4n) is 1.74. The lowest BCUT2D eigenvalue weighted by Crippen LogP contribution is -2.64. The highest BCUT2D eigenvalue weighted by atomic mass is 16.9. The molecule has 1 heterocycles. The second kappa shape index (κ2) is 6.27. The Morgan fingerprint density at radius 3 is 2.59 bits per heavy atom. The maximum atomic E-state index is 11.3. The zero-order valence-electron chi connectivity index (χ0n) is 9.61. The minimum absolute atomic E-state index is 0.259. The van der Waals surface area contributed by atoms with Crippen molar-refractivity contribution >= 4 is 5.91 Å². The Morgan fingerprint density at radius 2 is 2.06 bits per heavy atom. The van der Waals surface area contributed by atoms with E-state index < -0.39 is 37.3 Å². The third-order valence-electron chi connectivity index (χ3n) is 2.70. The molecule has 1 unspecified atom stereocenters. The second-order valence-corrected chi connectivity index (χ2v) is 4.07. The van der Waals surface area contributed by atoms with Crippen LogP contribution in [0.25, 0.3) is 0 Å². The first-order chi connectivity index (χ1) is 8.01. The van der Waals surface area contributed by atoms with E-state index in [1.165, 1.54) is 0 Å². The number of aliphatic hydroxyl groups excluding tert-OH is 4. The highest BCUT2D eigenvalue weighted by Gasteiger charge is 2.44. The summed E-state index contributed by atoms with van der Waals surface area (Å²) < 4.78 is 4.89. The van der Waals surface area contributed by atoms with Crippen LogP contribution in [0.5, 0.6) is 0 Å². The van der Waals surface area contributed by atoms with Gasteiger partial charge < -0.3 is 30.5 Å². The Hall–Kier alpha value is -0.730. The molecule has 0 aromatic rings. The van der Waals surface area contributed by atoms with Crippen molar-refractivity contribution in [2.45, 2.75) is 50.4 Å². The third-order valence-corrected chi connectivity index (χ3v) is 2.70. The van der Waals surface area contributed by atoms with Crippen LogP contribution in [0.4, 0.5) is 0 Å². The first kappa shape index (κ1) is 14.3. The topological polar surface area (TPSA) is 119 Å². The van der Waals surface area contributed by atoms with Crippen LogP contribution < -0.4 is 5.32 Å². The predicted molar refractivity (Wildman–Crippen MR) is 56.8 cm³/mol. The number of carbonyl (C=O) groups is 1. The molecule has 1 fully saturated rings. The maximum Gasteiger partial charge on any atom is 0.220 e. The largest absolute Gasteiger partial charge is 0.394 e. The van der Waals surface area contributed by atoms with Gasteiger partial charge in [-0.2, -0.15) is 0 Å². The number of aliphatic hydroxyl groups is 4. The molecule has 0 radical (unpaired) electrons. The van der Waals surface area contributed by atoms with E-state index >= 15 is 0 Å². The summed E-state index contributed by atoms with van der Waals surface area (Å²) in [4.78, 5) is 11.3. The van der Waals surface area contributed by atoms with Crippen molar-refractivity contribution < 1.29 is 30.0 Å². The Bertz CT molecular complexity index is 261. The van der Waals surface area contributed by atoms with E-state index in [0.717, 1.165) is 0 Å². The van der Waals surface area contributed by atoms with Gasteiger partial charge in [0.2, 0.25) is 5.91 Å². The summed E-state index contributed by atoms with van der Waals surface area (Å²) in [6.07, 6.45) is -4.35. The van der Waals surface area contributed by atoms with E-state index in [0.29, 0.717) is 6.42 Å². The molecule has 0 aromatic heterocycles. The molecular formula is C10H19NO6. The van der Waals surface area contributed by atoms with E-state index in [4.69, 9.17) is 9.84 Å². The smallest absolute Gasteiger partial charge is 0.220 e. The van der Waals surface area contributed by atoms with Crippen LogP contribution in [0.15, 0.2) is 0 Å². The first-order valence-corrected chi connectivity index (χ1v) is 5.61. The van der Waals surface area contributed by atoms with Gasteiger partial charge in [-0.1, -0.05) is 6.92 Å². The standard InChI is InChI=1S/C10H19NO6/c1-2-3-6(13)11-7-9(15)8(14)5(4-12)17-10(7)16/h5,7-10,12,14-16H,2-4H2,1H3,(H,11,13)/t5-,7-,8-,9-,10?/m1/s1/i10+2. The van der Waals surface area contributed by atoms with E-state index in [1.54, 1.807) is 0 Å². The van der Waals surface area contributed by atoms with Gasteiger partial charge in [0, 0.05) is 6.42 Å². The van der Waals surface area contributed by atoms with E-state index in [1.807, 2.05) is 6.92 Å². The van der Waals surface area contributed by atoms with Gasteiger partial charge in [-0.05, 0) is 6.42 Å². The van der Waals surface area contributed by atoms with Gasteiger partial charge in [0.15, 0.2) is 6.29 Å². The van der Waals surface area contributed by atoms with Gasteiger partial charge in [0.1, 0.15) is 24.4 Å². The Kier molecular flexibility index (Phi) is 5.29. The summed E-state index contributed by atoms with van der Waals surface area (Å²) in [5, 5.41) is 40.1. The molecule has 5 N–H and O–H groups in total. The van der Waals surface area contributed by atoms with Gasteiger partial charge in [-0.3, -0.25) is 4.79 Å². The second-order valence-electron chi connectivity index (χ2n) is 4.07. The minimum atomic E-state index is -1.45. The molecule has 0 saturated carbocycles. The lowest BCUT2D eigenvalue weighted by Gasteiger charge is -2.40. The molecule has 7 heteroatoms. The summed E-state index contributed by atoms with van der Waals surface area (Å²) in [5.74, 6) is -0.339. The van der Waals surface area contributed by atoms with Crippen molar-refractivity contribution in [2.75, 3.05) is 6.61 Å². The fourth-order valence-corrected chi connectivity index (χ4v) is 1.74. The molecule has 7 nitrogen and oxygen atoms in total. The lowest BCUT2D eigenvalue weighted by atomic mass is 10.0. The number of nitrogens with one attached hydrogen (secondary N) is 1. The van der Waals surface area contributed by atoms with Crippen LogP contribution >= 0.6 is 0 Å². The number of ether oxygens (including phenoxy) is 1. The number of amides is 1. The van der Waals surface area contributed by atoms with Crippen LogP contribution in [-0.2, 0) is 9.53 Å². The van der Waals surface area contributed by atoms with Crippen molar-refractivity contribution in [2.24, 2.45) is 0 Å². The monoisotopic (exact) mass is 251 g/mol. The van der Waals surface area contributed by atoms with Crippen LogP contribution in [0.3, 0.4) is 0 Å². The van der Waals surface area contributed by atoms with Crippen molar-refractivity contribution in [3.05, 3.63) is 0 Å². The Balaban J connectivity index is 2.63. The average molecular weight is 251 g/mol. The molecule has 1 saturated heterocycles. The molecule has 100 valence electrons. The molecule has 0 aromatic carbocycles. The fraction of sp³-hybridized carbons (Fsp3) is 0.900. The highest BCUT2D eigenvalue weighted by Crippen LogP contribution is 2.19. The Morgan fingerprint density at radius 1 is 1.41 bits per heavy atom. The van der Waals surface area contributed by atoms with E-state index in [-0.39, 0.29) is 12.3 Å². The van der Waals surface area contributed by atoms with Gasteiger partial charge in [0.05, 0.1) is 6.61 Å². The molecule has 1 aliphatic heterocycles. The summed E-state index contributed by atoms with van der Waals surface area (Å²) in [6, 6.07) is -1.09. The van der Waals surface area contributed by atoms with Gasteiger partial charge in [-0.15, -0.1) is 0 Å². The lowest BCUT2D eigenvalue weighted by molar-refractivity contribution is -0.253. The highest BCUT2D eigenvalue weighted by molar-refractivity contribution is 5.76. The maximum absolute atomic E-state index is 11.3. The summed E-state index contributed by atoms with van der Waals surface area (Å²) in [7, 11) is 0. The number of hydrogen-bond acceptors (Lipinski definition) is 6. The van der Waals surface area contributed by atoms with Crippen LogP contribution in [0.2, 0.25) is 0 Å². The van der Waals surface area contributed by atoms with Gasteiger partial charge in [-0.25, -0.2) is 0 Å². The molecule has 0 aliphatic carbocycles. The zero-order chi connectivity index (χ0) is 13.0. The van der Waals surface area contributed by atoms with Crippen molar-refractivity contribution in [1.82, 2.24) is 5.32 Å². The quantitative estimate of drug-likeness (QED) is 0.383. The first-order valence-electron chi connectivity index (χ1n) is 5.61. The molecular weight excluding hydrogens is 232 g/mol. The molecule has 0 bridgehead atoms. The summed E-state index contributed by atoms with van der Waals surface area (Å²) >= 11 is 0. The zero-order valence-corrected chi connectivity index (χ0v) is 9.61. The molecule has 17 heavy (non-hydrogen) atoms. The predicted octanol–water partition coefficient (Wildman–Crippen LogP) is -2.30. The molecule has 0 spiro atoms. The van der Waals surface area contributed by atoms with Crippen LogP contribution in [0.1, 0.15) is 19.8 Å². The number of carbonyl (C=O) groups excluding carboxylic acids is 1. The molecule has 1 rings (SSSR count). The minimum Gasteiger partial charge on any atom is -0.394 e. The van der Waals surface area contributed by atoms with E-state index in [2.05, 4.69) is 5.32 Å². The number of hydrogen-bond donors (Lipinski definition) is 5. The van der Waals surface area contributed by atoms with Gasteiger partial charge in [0.25, 0.3) is 0 Å². The number of rotatable bonds is 4. The Labute approximate surface area is 99.0 Å². The molecule has 5 atom stereocenters. The van der Waals surface area contributed by atoms with Crippen molar-refractivity contribution in [3.63, 3.8) is 0 Å². The normalized spacial score (nSPS) is 37.8. The molecule has 1 aliphatic rings. The van der Waals surface area contributed by atoms with Crippen LogP contribution in [0, 0.1) is 0 Å². The third kappa shape index (κ3) is 3.36. The van der Waals surface area contributed by atoms with Gasteiger partial charge >= 0.3 is 0 Å². The average Bonchev–Trinajstić information content (AvgIpc) is 2.29. The summed E-state index contributed by atoms with van der Waals surface area (Å²) in [6.45, 7) is 1.30. The van der Waals surface area contributed by atoms with Crippen LogP contribution in [-0.4, -0.2) is 63.6 Å². The van der Waals surface area contributed by atoms with Crippen molar-refractivity contribution in [3.8, 4) is 0 Å². The molecule has 1 amide bonds.